The van der Waals surface area contributed by atoms with Crippen LogP contribution in [0.5, 0.6) is 5.75 Å². The molecule has 0 aliphatic heterocycles. The standard InChI is InChI=1S/C23H15N7O2/c31-15-9-10-16-18(12-15)29(19-8-4-5-11-24-19)30-21(16)27-20-17(22(30)32)13-25-23(28-20)26-14-6-2-1-3-7-14/h1-13,31H,(H,25,26,28). The topological polar surface area (TPSA) is 110 Å². The van der Waals surface area contributed by atoms with Crippen LogP contribution in [-0.2, 0) is 0 Å². The lowest BCUT2D eigenvalue weighted by molar-refractivity contribution is 0.476. The fraction of sp³-hybridized carbons (Fsp3) is 0. The molecule has 6 rings (SSSR count). The Bertz CT molecular complexity index is 1680. The van der Waals surface area contributed by atoms with Crippen molar-refractivity contribution in [1.82, 2.24) is 29.1 Å². The minimum Gasteiger partial charge on any atom is -0.508 e. The highest BCUT2D eigenvalue weighted by Gasteiger charge is 2.19. The Balaban J connectivity index is 1.66. The number of benzene rings is 2. The molecule has 0 unspecified atom stereocenters. The summed E-state index contributed by atoms with van der Waals surface area (Å²) in [6.07, 6.45) is 3.10. The molecule has 4 aromatic heterocycles. The van der Waals surface area contributed by atoms with Crippen molar-refractivity contribution in [2.24, 2.45) is 0 Å². The van der Waals surface area contributed by atoms with Gasteiger partial charge in [0.25, 0.3) is 5.56 Å². The molecule has 0 fully saturated rings. The first-order valence-electron chi connectivity index (χ1n) is 9.86. The molecule has 4 heterocycles. The Morgan fingerprint density at radius 1 is 0.875 bits per heavy atom. The highest BCUT2D eigenvalue weighted by atomic mass is 16.3. The van der Waals surface area contributed by atoms with Crippen molar-refractivity contribution in [1.29, 1.82) is 0 Å². The van der Waals surface area contributed by atoms with E-state index < -0.39 is 0 Å². The van der Waals surface area contributed by atoms with Gasteiger partial charge >= 0.3 is 0 Å². The van der Waals surface area contributed by atoms with Crippen LogP contribution >= 0.6 is 0 Å². The zero-order valence-electron chi connectivity index (χ0n) is 16.5. The van der Waals surface area contributed by atoms with Gasteiger partial charge in [0, 0.05) is 29.5 Å². The summed E-state index contributed by atoms with van der Waals surface area (Å²) in [5, 5.41) is 14.2. The third-order valence-electron chi connectivity index (χ3n) is 5.15. The quantitative estimate of drug-likeness (QED) is 0.450. The van der Waals surface area contributed by atoms with Crippen LogP contribution in [0.3, 0.4) is 0 Å². The van der Waals surface area contributed by atoms with Crippen LogP contribution in [0.2, 0.25) is 0 Å². The molecule has 2 N–H and O–H groups in total. The maximum atomic E-state index is 13.5. The van der Waals surface area contributed by atoms with Gasteiger partial charge in [-0.1, -0.05) is 24.3 Å². The first-order chi connectivity index (χ1) is 15.7. The average Bonchev–Trinajstić information content (AvgIpc) is 3.14. The number of rotatable bonds is 3. The molecule has 32 heavy (non-hydrogen) atoms. The van der Waals surface area contributed by atoms with Crippen molar-refractivity contribution in [3.05, 3.63) is 89.5 Å². The number of phenols is 1. The SMILES string of the molecule is O=c1c2cnc(Nc3ccccc3)nc2nc2c3ccc(O)cc3n(-c3ccccn3)n12. The fourth-order valence-electron chi connectivity index (χ4n) is 3.73. The van der Waals surface area contributed by atoms with E-state index >= 15 is 0 Å². The van der Waals surface area contributed by atoms with Gasteiger partial charge in [0.2, 0.25) is 5.95 Å². The van der Waals surface area contributed by atoms with Gasteiger partial charge in [-0.25, -0.2) is 19.6 Å². The van der Waals surface area contributed by atoms with Crippen molar-refractivity contribution in [3.8, 4) is 11.6 Å². The monoisotopic (exact) mass is 421 g/mol. The lowest BCUT2D eigenvalue weighted by Gasteiger charge is -2.08. The molecule has 0 spiro atoms. The number of aromatic nitrogens is 6. The molecule has 9 heteroatoms. The van der Waals surface area contributed by atoms with Crippen LogP contribution in [0.25, 0.3) is 33.4 Å². The summed E-state index contributed by atoms with van der Waals surface area (Å²) < 4.78 is 3.07. The number of nitrogens with zero attached hydrogens (tertiary/aromatic N) is 6. The van der Waals surface area contributed by atoms with Crippen molar-refractivity contribution >= 4 is 39.2 Å². The Morgan fingerprint density at radius 3 is 2.53 bits per heavy atom. The molecule has 0 bridgehead atoms. The molecule has 154 valence electrons. The van der Waals surface area contributed by atoms with E-state index in [0.29, 0.717) is 28.3 Å². The molecule has 0 saturated carbocycles. The number of anilines is 2. The maximum Gasteiger partial charge on any atom is 0.284 e. The van der Waals surface area contributed by atoms with Crippen LogP contribution in [0.4, 0.5) is 11.6 Å². The van der Waals surface area contributed by atoms with Gasteiger partial charge in [0.1, 0.15) is 11.1 Å². The maximum absolute atomic E-state index is 13.5. The molecule has 0 saturated heterocycles. The molecule has 0 radical (unpaired) electrons. The van der Waals surface area contributed by atoms with Crippen molar-refractivity contribution in [3.63, 3.8) is 0 Å². The summed E-state index contributed by atoms with van der Waals surface area (Å²) in [6, 6.07) is 19.8. The predicted octanol–water partition coefficient (Wildman–Crippen LogP) is 3.43. The van der Waals surface area contributed by atoms with Gasteiger partial charge in [-0.15, -0.1) is 0 Å². The molecule has 0 aliphatic rings. The summed E-state index contributed by atoms with van der Waals surface area (Å²) in [5.41, 5.74) is 1.77. The molecule has 2 aromatic carbocycles. The van der Waals surface area contributed by atoms with Crippen LogP contribution in [-0.4, -0.2) is 34.2 Å². The lowest BCUT2D eigenvalue weighted by atomic mass is 10.2. The smallest absolute Gasteiger partial charge is 0.284 e. The molecule has 6 aromatic rings. The number of hydrogen-bond donors (Lipinski definition) is 2. The Morgan fingerprint density at radius 2 is 1.72 bits per heavy atom. The second-order valence-electron chi connectivity index (χ2n) is 7.18. The lowest BCUT2D eigenvalue weighted by Crippen LogP contribution is -2.22. The number of pyridine rings is 1. The summed E-state index contributed by atoms with van der Waals surface area (Å²) in [7, 11) is 0. The van der Waals surface area contributed by atoms with Crippen LogP contribution < -0.4 is 10.9 Å². The van der Waals surface area contributed by atoms with E-state index in [9.17, 15) is 9.90 Å². The molecule has 0 atom stereocenters. The second kappa shape index (κ2) is 6.88. The Hall–Kier alpha value is -4.79. The average molecular weight is 421 g/mol. The summed E-state index contributed by atoms with van der Waals surface area (Å²) >= 11 is 0. The third kappa shape index (κ3) is 2.76. The zero-order valence-corrected chi connectivity index (χ0v) is 16.5. The molecular weight excluding hydrogens is 406 g/mol. The van der Waals surface area contributed by atoms with Gasteiger partial charge in [-0.3, -0.25) is 4.79 Å². The van der Waals surface area contributed by atoms with E-state index in [0.717, 1.165) is 5.69 Å². The fourth-order valence-corrected chi connectivity index (χ4v) is 3.73. The summed E-state index contributed by atoms with van der Waals surface area (Å²) in [4.78, 5) is 31.4. The number of hydrogen-bond acceptors (Lipinski definition) is 7. The van der Waals surface area contributed by atoms with E-state index in [4.69, 9.17) is 0 Å². The number of nitrogens with one attached hydrogen (secondary N) is 1. The Kier molecular flexibility index (Phi) is 3.87. The minimum atomic E-state index is -0.336. The molecule has 9 nitrogen and oxygen atoms in total. The number of para-hydroxylation sites is 1. The second-order valence-corrected chi connectivity index (χ2v) is 7.18. The van der Waals surface area contributed by atoms with E-state index in [1.165, 1.54) is 10.7 Å². The van der Waals surface area contributed by atoms with Gasteiger partial charge < -0.3 is 10.4 Å². The van der Waals surface area contributed by atoms with Crippen LogP contribution in [0, 0.1) is 0 Å². The first kappa shape index (κ1) is 18.0. The van der Waals surface area contributed by atoms with E-state index in [2.05, 4.69) is 25.3 Å². The number of fused-ring (bicyclic) bond motifs is 4. The highest BCUT2D eigenvalue weighted by Crippen LogP contribution is 2.27. The van der Waals surface area contributed by atoms with E-state index in [1.54, 1.807) is 41.2 Å². The van der Waals surface area contributed by atoms with Crippen LogP contribution in [0.15, 0.2) is 83.9 Å². The molecule has 0 aliphatic carbocycles. The predicted molar refractivity (Wildman–Crippen MR) is 121 cm³/mol. The zero-order chi connectivity index (χ0) is 21.7. The summed E-state index contributed by atoms with van der Waals surface area (Å²) in [5.74, 6) is 0.930. The van der Waals surface area contributed by atoms with Crippen molar-refractivity contribution < 1.29 is 5.11 Å². The van der Waals surface area contributed by atoms with Crippen molar-refractivity contribution in [2.45, 2.75) is 0 Å². The number of phenolic OH excluding ortho intramolecular Hbond substituents is 1. The highest BCUT2D eigenvalue weighted by molar-refractivity contribution is 5.96. The normalized spacial score (nSPS) is 11.4. The van der Waals surface area contributed by atoms with Crippen LogP contribution in [0.1, 0.15) is 0 Å². The third-order valence-corrected chi connectivity index (χ3v) is 5.15. The van der Waals surface area contributed by atoms with Crippen molar-refractivity contribution in [2.75, 3.05) is 5.32 Å². The number of aromatic hydroxyl groups is 1. The molecular formula is C23H15N7O2. The largest absolute Gasteiger partial charge is 0.508 e. The van der Waals surface area contributed by atoms with Gasteiger partial charge in [0.15, 0.2) is 17.1 Å². The minimum absolute atomic E-state index is 0.0734. The Labute approximate surface area is 180 Å². The van der Waals surface area contributed by atoms with Gasteiger partial charge in [-0.2, -0.15) is 9.50 Å². The first-order valence-corrected chi connectivity index (χ1v) is 9.86. The van der Waals surface area contributed by atoms with Gasteiger partial charge in [0.05, 0.1) is 5.52 Å². The summed E-state index contributed by atoms with van der Waals surface area (Å²) in [6.45, 7) is 0. The van der Waals surface area contributed by atoms with E-state index in [1.807, 2.05) is 36.4 Å². The molecule has 0 amide bonds. The van der Waals surface area contributed by atoms with Gasteiger partial charge in [-0.05, 0) is 36.4 Å². The van der Waals surface area contributed by atoms with E-state index in [-0.39, 0.29) is 22.3 Å².